The zero-order valence-electron chi connectivity index (χ0n) is 27.8. The SMILES string of the molecule is CCN(CC)C(=O)c1cc2c(F)cccc2nc1CN.CCN(CC)C(=O)c1cc2c(F)cccc2nc1CNc1ncnc(N)c1C#N. The molecule has 0 atom stereocenters. The van der Waals surface area contributed by atoms with Gasteiger partial charge in [-0.15, -0.1) is 0 Å². The van der Waals surface area contributed by atoms with Crippen LogP contribution in [0.25, 0.3) is 21.8 Å². The first-order valence-electron chi connectivity index (χ1n) is 15.8. The first kappa shape index (κ1) is 36.0. The van der Waals surface area contributed by atoms with Gasteiger partial charge < -0.3 is 26.6 Å². The van der Waals surface area contributed by atoms with Gasteiger partial charge in [0.05, 0.1) is 40.1 Å². The maximum atomic E-state index is 14.3. The third-order valence-corrected chi connectivity index (χ3v) is 7.94. The van der Waals surface area contributed by atoms with Crippen molar-refractivity contribution in [2.45, 2.75) is 40.8 Å². The minimum atomic E-state index is -0.446. The number of amides is 2. The van der Waals surface area contributed by atoms with Crippen LogP contribution in [-0.2, 0) is 13.1 Å². The molecule has 5 rings (SSSR count). The summed E-state index contributed by atoms with van der Waals surface area (Å²) in [5, 5.41) is 12.9. The van der Waals surface area contributed by atoms with Gasteiger partial charge in [0.15, 0.2) is 0 Å². The average Bonchev–Trinajstić information content (AvgIpc) is 3.11. The third kappa shape index (κ3) is 7.85. The lowest BCUT2D eigenvalue weighted by atomic mass is 10.1. The molecule has 14 heteroatoms. The molecule has 12 nitrogen and oxygen atoms in total. The van der Waals surface area contributed by atoms with Crippen LogP contribution in [0.3, 0.4) is 0 Å². The number of fused-ring (bicyclic) bond motifs is 2. The number of rotatable bonds is 10. The summed E-state index contributed by atoms with van der Waals surface area (Å²) in [6, 6.07) is 14.3. The van der Waals surface area contributed by atoms with Crippen molar-refractivity contribution in [3.8, 4) is 6.07 Å². The molecule has 254 valence electrons. The number of nitrogens with one attached hydrogen (secondary N) is 1. The van der Waals surface area contributed by atoms with Gasteiger partial charge in [-0.1, -0.05) is 12.1 Å². The lowest BCUT2D eigenvalue weighted by molar-refractivity contribution is 0.0763. The molecule has 0 aliphatic rings. The van der Waals surface area contributed by atoms with Crippen LogP contribution in [0.1, 0.15) is 65.4 Å². The number of carbonyl (C=O) groups excluding carboxylic acids is 2. The largest absolute Gasteiger partial charge is 0.382 e. The van der Waals surface area contributed by atoms with Crippen molar-refractivity contribution >= 4 is 45.3 Å². The number of nitrogens with zero attached hydrogens (tertiary/aromatic N) is 7. The number of hydrogen-bond donors (Lipinski definition) is 3. The number of aromatic nitrogens is 4. The van der Waals surface area contributed by atoms with Crippen LogP contribution in [-0.4, -0.2) is 67.7 Å². The van der Waals surface area contributed by atoms with Gasteiger partial charge in [-0.3, -0.25) is 19.6 Å². The highest BCUT2D eigenvalue weighted by atomic mass is 19.1. The van der Waals surface area contributed by atoms with Gasteiger partial charge >= 0.3 is 0 Å². The summed E-state index contributed by atoms with van der Waals surface area (Å²) >= 11 is 0. The number of halogens is 2. The van der Waals surface area contributed by atoms with Gasteiger partial charge in [0, 0.05) is 43.5 Å². The minimum absolute atomic E-state index is 0.0537. The number of anilines is 2. The fourth-order valence-corrected chi connectivity index (χ4v) is 5.23. The average molecular weight is 669 g/mol. The van der Waals surface area contributed by atoms with E-state index < -0.39 is 5.82 Å². The quantitative estimate of drug-likeness (QED) is 0.183. The van der Waals surface area contributed by atoms with Gasteiger partial charge in [-0.2, -0.15) is 5.26 Å². The van der Waals surface area contributed by atoms with E-state index in [0.29, 0.717) is 65.1 Å². The van der Waals surface area contributed by atoms with Crippen molar-refractivity contribution < 1.29 is 18.4 Å². The molecule has 0 unspecified atom stereocenters. The van der Waals surface area contributed by atoms with Gasteiger partial charge in [0.1, 0.15) is 41.2 Å². The van der Waals surface area contributed by atoms with Crippen molar-refractivity contribution in [3.63, 3.8) is 0 Å². The van der Waals surface area contributed by atoms with Crippen LogP contribution in [0.4, 0.5) is 20.4 Å². The summed E-state index contributed by atoms with van der Waals surface area (Å²) in [6.45, 7) is 10.0. The molecule has 0 aliphatic carbocycles. The second-order valence-corrected chi connectivity index (χ2v) is 10.7. The Morgan fingerprint density at radius 2 is 1.31 bits per heavy atom. The van der Waals surface area contributed by atoms with Gasteiger partial charge in [-0.05, 0) is 64.1 Å². The Hall–Kier alpha value is -5.81. The summed E-state index contributed by atoms with van der Waals surface area (Å²) in [4.78, 5) is 45.4. The molecule has 0 spiro atoms. The summed E-state index contributed by atoms with van der Waals surface area (Å²) < 4.78 is 28.1. The zero-order chi connectivity index (χ0) is 35.7. The van der Waals surface area contributed by atoms with E-state index >= 15 is 0 Å². The van der Waals surface area contributed by atoms with Crippen LogP contribution in [0, 0.1) is 23.0 Å². The standard InChI is InChI=1S/C20H20FN7O.C15H18FN3O/c1-3-28(4-2)20(29)13-8-12-15(21)6-5-7-16(12)27-17(13)10-24-19-14(9-22)18(23)25-11-26-19;1-3-19(4-2)15(20)11-8-10-12(16)6-5-7-13(10)18-14(11)9-17/h5-8,11H,3-4,10H2,1-2H3,(H3,23,24,25,26);5-8H,3-4,9,17H2,1-2H3. The molecule has 0 aliphatic heterocycles. The van der Waals surface area contributed by atoms with Crippen LogP contribution in [0.15, 0.2) is 54.9 Å². The number of benzene rings is 2. The summed E-state index contributed by atoms with van der Waals surface area (Å²) in [7, 11) is 0. The Kier molecular flexibility index (Phi) is 12.0. The Morgan fingerprint density at radius 3 is 1.78 bits per heavy atom. The second-order valence-electron chi connectivity index (χ2n) is 10.7. The summed E-state index contributed by atoms with van der Waals surface area (Å²) in [5.74, 6) is -0.939. The predicted molar refractivity (Wildman–Crippen MR) is 184 cm³/mol. The molecule has 3 heterocycles. The van der Waals surface area contributed by atoms with E-state index in [1.54, 1.807) is 40.1 Å². The molecule has 0 radical (unpaired) electrons. The normalized spacial score (nSPS) is 10.7. The fraction of sp³-hybridized carbons (Fsp3) is 0.286. The fourth-order valence-electron chi connectivity index (χ4n) is 5.23. The van der Waals surface area contributed by atoms with Gasteiger partial charge in [-0.25, -0.2) is 18.7 Å². The molecule has 3 aromatic heterocycles. The first-order valence-corrected chi connectivity index (χ1v) is 15.8. The monoisotopic (exact) mass is 668 g/mol. The molecule has 5 aromatic rings. The molecule has 2 aromatic carbocycles. The maximum Gasteiger partial charge on any atom is 0.255 e. The van der Waals surface area contributed by atoms with Crippen molar-refractivity contribution in [3.05, 3.63) is 94.6 Å². The smallest absolute Gasteiger partial charge is 0.255 e. The van der Waals surface area contributed by atoms with Crippen molar-refractivity contribution in [2.75, 3.05) is 37.2 Å². The van der Waals surface area contributed by atoms with E-state index in [4.69, 9.17) is 11.5 Å². The molecule has 0 bridgehead atoms. The molecular weight excluding hydrogens is 630 g/mol. The van der Waals surface area contributed by atoms with E-state index in [1.807, 2.05) is 33.8 Å². The van der Waals surface area contributed by atoms with Crippen LogP contribution in [0.2, 0.25) is 0 Å². The predicted octanol–water partition coefficient (Wildman–Crippen LogP) is 5.03. The Morgan fingerprint density at radius 1 is 0.816 bits per heavy atom. The first-order chi connectivity index (χ1) is 23.6. The topological polar surface area (TPSA) is 180 Å². The second kappa shape index (κ2) is 16.3. The molecule has 2 amide bonds. The van der Waals surface area contributed by atoms with Gasteiger partial charge in [0.25, 0.3) is 11.8 Å². The van der Waals surface area contributed by atoms with Crippen molar-refractivity contribution in [1.82, 2.24) is 29.7 Å². The maximum absolute atomic E-state index is 14.3. The lowest BCUT2D eigenvalue weighted by Gasteiger charge is -2.21. The minimum Gasteiger partial charge on any atom is -0.382 e. The van der Waals surface area contributed by atoms with Crippen molar-refractivity contribution in [1.29, 1.82) is 5.26 Å². The molecule has 5 N–H and O–H groups in total. The summed E-state index contributed by atoms with van der Waals surface area (Å²) in [5.41, 5.74) is 14.0. The molecular formula is C35H38F2N10O2. The van der Waals surface area contributed by atoms with E-state index in [-0.39, 0.29) is 53.3 Å². The highest BCUT2D eigenvalue weighted by Gasteiger charge is 2.21. The van der Waals surface area contributed by atoms with Crippen LogP contribution < -0.4 is 16.8 Å². The highest BCUT2D eigenvalue weighted by Crippen LogP contribution is 2.24. The van der Waals surface area contributed by atoms with Crippen LogP contribution >= 0.6 is 0 Å². The molecule has 49 heavy (non-hydrogen) atoms. The third-order valence-electron chi connectivity index (χ3n) is 7.94. The van der Waals surface area contributed by atoms with Crippen molar-refractivity contribution in [2.24, 2.45) is 5.73 Å². The number of carbonyl (C=O) groups is 2. The number of nitrogen functional groups attached to an aromatic ring is 1. The van der Waals surface area contributed by atoms with E-state index in [1.165, 1.54) is 24.5 Å². The zero-order valence-corrected chi connectivity index (χ0v) is 27.8. The number of hydrogen-bond acceptors (Lipinski definition) is 10. The Balaban J connectivity index is 0.000000237. The lowest BCUT2D eigenvalue weighted by Crippen LogP contribution is -2.31. The Bertz CT molecular complexity index is 2020. The number of pyridine rings is 2. The highest BCUT2D eigenvalue weighted by molar-refractivity contribution is 5.99. The molecule has 0 fully saturated rings. The summed E-state index contributed by atoms with van der Waals surface area (Å²) in [6.07, 6.45) is 1.24. The molecule has 0 saturated heterocycles. The van der Waals surface area contributed by atoms with E-state index in [0.717, 1.165) is 0 Å². The number of nitriles is 1. The number of nitrogens with two attached hydrogens (primary N) is 2. The van der Waals surface area contributed by atoms with E-state index in [2.05, 4.69) is 25.3 Å². The van der Waals surface area contributed by atoms with Gasteiger partial charge in [0.2, 0.25) is 0 Å². The van der Waals surface area contributed by atoms with E-state index in [9.17, 15) is 23.6 Å². The molecule has 0 saturated carbocycles. The Labute approximate surface area is 282 Å². The van der Waals surface area contributed by atoms with Crippen LogP contribution in [0.5, 0.6) is 0 Å².